The highest BCUT2D eigenvalue weighted by atomic mass is 79.9. The number of carbonyl (C=O) groups is 4. The Labute approximate surface area is 225 Å². The maximum absolute atomic E-state index is 13.7. The first kappa shape index (κ1) is 26.1. The van der Waals surface area contributed by atoms with E-state index < -0.39 is 35.0 Å². The van der Waals surface area contributed by atoms with Gasteiger partial charge in [0, 0.05) is 20.1 Å². The van der Waals surface area contributed by atoms with Crippen LogP contribution in [0.3, 0.4) is 0 Å². The summed E-state index contributed by atoms with van der Waals surface area (Å²) in [6.07, 6.45) is -1.71. The van der Waals surface area contributed by atoms with Crippen molar-refractivity contribution in [2.75, 3.05) is 9.80 Å². The largest absolute Gasteiger partial charge is 0.443 e. The van der Waals surface area contributed by atoms with Gasteiger partial charge in [-0.1, -0.05) is 31.9 Å². The molecule has 10 heteroatoms. The van der Waals surface area contributed by atoms with E-state index >= 15 is 0 Å². The van der Waals surface area contributed by atoms with E-state index in [1.807, 2.05) is 0 Å². The van der Waals surface area contributed by atoms with Gasteiger partial charge >= 0.3 is 12.2 Å². The van der Waals surface area contributed by atoms with Crippen LogP contribution in [0.1, 0.15) is 62.3 Å². The van der Waals surface area contributed by atoms with Gasteiger partial charge in [-0.15, -0.1) is 0 Å². The van der Waals surface area contributed by atoms with E-state index in [2.05, 4.69) is 31.9 Å². The first-order chi connectivity index (χ1) is 16.6. The second-order valence-corrected chi connectivity index (χ2v) is 12.1. The van der Waals surface area contributed by atoms with Gasteiger partial charge < -0.3 is 9.47 Å². The van der Waals surface area contributed by atoms with Crippen molar-refractivity contribution in [1.29, 1.82) is 0 Å². The van der Waals surface area contributed by atoms with Crippen molar-refractivity contribution < 1.29 is 28.7 Å². The first-order valence-electron chi connectivity index (χ1n) is 11.1. The topological polar surface area (TPSA) is 93.2 Å². The molecule has 0 aromatic heterocycles. The van der Waals surface area contributed by atoms with E-state index in [0.29, 0.717) is 8.95 Å². The molecule has 8 nitrogen and oxygen atoms in total. The molecular weight excluding hydrogens is 596 g/mol. The Hall–Kier alpha value is -2.98. The normalized spacial score (nSPS) is 17.3. The van der Waals surface area contributed by atoms with Crippen LogP contribution in [-0.2, 0) is 9.47 Å². The lowest BCUT2D eigenvalue weighted by atomic mass is 10.1. The molecule has 4 rings (SSSR count). The molecule has 2 aliphatic heterocycles. The Kier molecular flexibility index (Phi) is 6.41. The molecule has 0 fully saturated rings. The summed E-state index contributed by atoms with van der Waals surface area (Å²) >= 11 is 6.75. The van der Waals surface area contributed by atoms with Crippen molar-refractivity contribution >= 4 is 67.0 Å². The number of amides is 2. The fourth-order valence-corrected chi connectivity index (χ4v) is 4.58. The predicted molar refractivity (Wildman–Crippen MR) is 141 cm³/mol. The molecule has 0 aliphatic carbocycles. The van der Waals surface area contributed by atoms with Crippen LogP contribution >= 0.6 is 31.9 Å². The van der Waals surface area contributed by atoms with Crippen LogP contribution < -0.4 is 9.80 Å². The highest BCUT2D eigenvalue weighted by Gasteiger charge is 2.48. The van der Waals surface area contributed by atoms with Crippen molar-refractivity contribution in [2.24, 2.45) is 0 Å². The molecule has 0 saturated heterocycles. The average molecular weight is 620 g/mol. The third-order valence-corrected chi connectivity index (χ3v) is 6.13. The molecule has 0 unspecified atom stereocenters. The number of anilines is 2. The van der Waals surface area contributed by atoms with Crippen LogP contribution in [0.15, 0.2) is 56.7 Å². The lowest BCUT2D eigenvalue weighted by molar-refractivity contribution is 0.0571. The van der Waals surface area contributed by atoms with E-state index in [0.717, 1.165) is 9.80 Å². The number of fused-ring (bicyclic) bond motifs is 2. The smallest absolute Gasteiger partial charge is 0.419 e. The van der Waals surface area contributed by atoms with Gasteiger partial charge in [-0.05, 0) is 77.9 Å². The minimum absolute atomic E-state index is 0.195. The van der Waals surface area contributed by atoms with Crippen LogP contribution in [-0.4, -0.2) is 35.0 Å². The number of Topliss-reactive ketones (excluding diaryl/α,β-unsaturated/α-hetero) is 2. The number of benzene rings is 2. The monoisotopic (exact) mass is 618 g/mol. The summed E-state index contributed by atoms with van der Waals surface area (Å²) in [5.41, 5.74) is -1.46. The molecule has 188 valence electrons. The molecule has 2 heterocycles. The van der Waals surface area contributed by atoms with Crippen molar-refractivity contribution in [3.63, 3.8) is 0 Å². The Morgan fingerprint density at radius 2 is 1.00 bits per heavy atom. The number of halogens is 2. The third kappa shape index (κ3) is 4.71. The highest BCUT2D eigenvalue weighted by molar-refractivity contribution is 9.10. The Morgan fingerprint density at radius 3 is 1.31 bits per heavy atom. The highest BCUT2D eigenvalue weighted by Crippen LogP contribution is 2.45. The van der Waals surface area contributed by atoms with E-state index in [1.165, 1.54) is 0 Å². The maximum Gasteiger partial charge on any atom is 0.419 e. The zero-order valence-corrected chi connectivity index (χ0v) is 23.7. The molecule has 2 amide bonds. The number of ether oxygens (including phenoxy) is 2. The van der Waals surface area contributed by atoms with Gasteiger partial charge in [-0.2, -0.15) is 0 Å². The van der Waals surface area contributed by atoms with Gasteiger partial charge in [-0.3, -0.25) is 9.59 Å². The molecule has 0 spiro atoms. The second-order valence-electron chi connectivity index (χ2n) is 10.3. The molecule has 2 aromatic carbocycles. The Bertz CT molecular complexity index is 1260. The summed E-state index contributed by atoms with van der Waals surface area (Å²) in [5, 5.41) is 0. The number of carbonyl (C=O) groups excluding carboxylic acids is 4. The van der Waals surface area contributed by atoms with Gasteiger partial charge in [-0.25, -0.2) is 19.4 Å². The number of hydrogen-bond donors (Lipinski definition) is 0. The fraction of sp³-hybridized carbons (Fsp3) is 0.308. The molecule has 0 N–H and O–H groups in total. The number of ketones is 2. The predicted octanol–water partition coefficient (Wildman–Crippen LogP) is 7.00. The molecule has 0 atom stereocenters. The standard InChI is InChI=1S/C26H24Br2N2O6/c1-25(2,3)35-23(33)29-17-11-13(27)7-9-15(17)21(31)19(29)20-22(32)16-10-8-14(28)12-18(16)30(20)24(34)36-26(4,5)6/h7-12H,1-6H3. The summed E-state index contributed by atoms with van der Waals surface area (Å²) in [7, 11) is 0. The van der Waals surface area contributed by atoms with Crippen molar-refractivity contribution in [2.45, 2.75) is 52.7 Å². The van der Waals surface area contributed by atoms with E-state index in [-0.39, 0.29) is 33.9 Å². The molecule has 36 heavy (non-hydrogen) atoms. The molecule has 0 saturated carbocycles. The van der Waals surface area contributed by atoms with Gasteiger partial charge in [0.05, 0.1) is 11.4 Å². The van der Waals surface area contributed by atoms with Gasteiger partial charge in [0.1, 0.15) is 22.6 Å². The summed E-state index contributed by atoms with van der Waals surface area (Å²) in [4.78, 5) is 56.4. The SMILES string of the molecule is CC(C)(C)OC(=O)N1C(=C2C(=O)c3ccc(Br)cc3N2C(=O)OC(C)(C)C)C(=O)c2ccc(Br)cc21. The molecule has 2 aromatic rings. The molecule has 0 bridgehead atoms. The quantitative estimate of drug-likeness (QED) is 0.295. The van der Waals surface area contributed by atoms with Crippen LogP contribution in [0, 0.1) is 0 Å². The van der Waals surface area contributed by atoms with Gasteiger partial charge in [0.15, 0.2) is 0 Å². The average Bonchev–Trinajstić information content (AvgIpc) is 3.15. The number of allylic oxidation sites excluding steroid dienone is 2. The fourth-order valence-electron chi connectivity index (χ4n) is 3.88. The second kappa shape index (κ2) is 8.85. The van der Waals surface area contributed by atoms with E-state index in [9.17, 15) is 19.2 Å². The maximum atomic E-state index is 13.7. The number of rotatable bonds is 0. The number of nitrogens with zero attached hydrogens (tertiary/aromatic N) is 2. The molecule has 0 radical (unpaired) electrons. The minimum atomic E-state index is -0.886. The van der Waals surface area contributed by atoms with E-state index in [4.69, 9.17) is 9.47 Å². The van der Waals surface area contributed by atoms with E-state index in [1.54, 1.807) is 77.9 Å². The third-order valence-electron chi connectivity index (χ3n) is 5.14. The Balaban J connectivity index is 2.01. The van der Waals surface area contributed by atoms with Crippen LogP contribution in [0.4, 0.5) is 21.0 Å². The lowest BCUT2D eigenvalue weighted by Gasteiger charge is -2.28. The number of hydrogen-bond acceptors (Lipinski definition) is 6. The van der Waals surface area contributed by atoms with Crippen molar-refractivity contribution in [3.8, 4) is 0 Å². The lowest BCUT2D eigenvalue weighted by Crippen LogP contribution is -2.40. The minimum Gasteiger partial charge on any atom is -0.443 e. The zero-order valence-electron chi connectivity index (χ0n) is 20.6. The summed E-state index contributed by atoms with van der Waals surface area (Å²) in [6, 6.07) is 9.59. The van der Waals surface area contributed by atoms with Crippen molar-refractivity contribution in [3.05, 3.63) is 67.9 Å². The van der Waals surface area contributed by atoms with Crippen molar-refractivity contribution in [1.82, 2.24) is 0 Å². The zero-order chi connectivity index (χ0) is 26.7. The van der Waals surface area contributed by atoms with Crippen LogP contribution in [0.25, 0.3) is 0 Å². The van der Waals surface area contributed by atoms with Crippen LogP contribution in [0.5, 0.6) is 0 Å². The van der Waals surface area contributed by atoms with Gasteiger partial charge in [0.25, 0.3) is 0 Å². The first-order valence-corrected chi connectivity index (χ1v) is 12.7. The van der Waals surface area contributed by atoms with Crippen LogP contribution in [0.2, 0.25) is 0 Å². The molecular formula is C26H24Br2N2O6. The molecule has 2 aliphatic rings. The van der Waals surface area contributed by atoms with Gasteiger partial charge in [0.2, 0.25) is 11.6 Å². The Morgan fingerprint density at radius 1 is 0.667 bits per heavy atom. The summed E-state index contributed by atoms with van der Waals surface area (Å²) in [6.45, 7) is 10.2. The summed E-state index contributed by atoms with van der Waals surface area (Å²) < 4.78 is 12.4. The summed E-state index contributed by atoms with van der Waals surface area (Å²) in [5.74, 6) is -1.18.